The molecule has 0 atom stereocenters. The van der Waals surface area contributed by atoms with Gasteiger partial charge in [-0.15, -0.1) is 0 Å². The lowest BCUT2D eigenvalue weighted by molar-refractivity contribution is 0.481. The average Bonchev–Trinajstić information content (AvgIpc) is 2.83. The molecule has 0 unspecified atom stereocenters. The molecule has 0 fully saturated rings. The van der Waals surface area contributed by atoms with Gasteiger partial charge in [-0.3, -0.25) is 4.55 Å². The summed E-state index contributed by atoms with van der Waals surface area (Å²) in [6.45, 7) is 4.52. The molecular weight excluding hydrogens is 452 g/mol. The van der Waals surface area contributed by atoms with Crippen LogP contribution in [0.5, 0.6) is 0 Å². The van der Waals surface area contributed by atoms with Gasteiger partial charge in [0.2, 0.25) is 0 Å². The zero-order valence-corrected chi connectivity index (χ0v) is 24.0. The van der Waals surface area contributed by atoms with Crippen LogP contribution in [0.25, 0.3) is 0 Å². The predicted molar refractivity (Wildman–Crippen MR) is 152 cm³/mol. The Kier molecular flexibility index (Phi) is 19.5. The third kappa shape index (κ3) is 16.5. The smallest absolute Gasteiger partial charge is 0.282 e. The molecule has 0 aromatic heterocycles. The Hall–Kier alpha value is -0.870. The van der Waals surface area contributed by atoms with Crippen molar-refractivity contribution in [2.24, 2.45) is 0 Å². The van der Waals surface area contributed by atoms with E-state index < -0.39 is 10.1 Å². The van der Waals surface area contributed by atoms with Crippen molar-refractivity contribution in [2.45, 2.75) is 166 Å². The molecule has 0 bridgehead atoms. The van der Waals surface area contributed by atoms with Gasteiger partial charge in [-0.05, 0) is 42.9 Å². The Morgan fingerprint density at radius 2 is 0.914 bits per heavy atom. The van der Waals surface area contributed by atoms with Crippen LogP contribution in [-0.4, -0.2) is 13.0 Å². The lowest BCUT2D eigenvalue weighted by Crippen LogP contribution is -2.07. The maximum absolute atomic E-state index is 12.0. The van der Waals surface area contributed by atoms with E-state index in [1.807, 2.05) is 0 Å². The van der Waals surface area contributed by atoms with Gasteiger partial charge in [-0.1, -0.05) is 148 Å². The molecule has 1 rings (SSSR count). The van der Waals surface area contributed by atoms with Gasteiger partial charge in [0, 0.05) is 0 Å². The molecule has 35 heavy (non-hydrogen) atoms. The topological polar surface area (TPSA) is 54.4 Å². The molecular formula is C31H56O3S. The van der Waals surface area contributed by atoms with E-state index in [1.54, 1.807) is 12.1 Å². The van der Waals surface area contributed by atoms with Crippen molar-refractivity contribution in [3.05, 3.63) is 29.3 Å². The molecule has 0 spiro atoms. The Labute approximate surface area is 218 Å². The minimum atomic E-state index is -4.17. The minimum absolute atomic E-state index is 0.133. The van der Waals surface area contributed by atoms with Crippen LogP contribution in [0.1, 0.15) is 160 Å². The SMILES string of the molecule is CCCCCCCCCCCCCc1c(CCCCCCCCCCCC)cccc1S(=O)(=O)O. The van der Waals surface area contributed by atoms with Crippen molar-refractivity contribution in [1.29, 1.82) is 0 Å². The van der Waals surface area contributed by atoms with Crippen LogP contribution in [0, 0.1) is 0 Å². The fraction of sp³-hybridized carbons (Fsp3) is 0.806. The monoisotopic (exact) mass is 508 g/mol. The Morgan fingerprint density at radius 1 is 0.543 bits per heavy atom. The van der Waals surface area contributed by atoms with Crippen LogP contribution in [0.3, 0.4) is 0 Å². The summed E-state index contributed by atoms with van der Waals surface area (Å²) < 4.78 is 33.8. The second-order valence-corrected chi connectivity index (χ2v) is 12.0. The van der Waals surface area contributed by atoms with Gasteiger partial charge in [0.15, 0.2) is 0 Å². The Bertz CT molecular complexity index is 727. The second-order valence-electron chi connectivity index (χ2n) is 10.6. The molecule has 4 heteroatoms. The number of hydrogen-bond donors (Lipinski definition) is 1. The summed E-state index contributed by atoms with van der Waals surface area (Å²) in [6, 6.07) is 5.43. The van der Waals surface area contributed by atoms with Gasteiger partial charge in [0.1, 0.15) is 0 Å². The summed E-state index contributed by atoms with van der Waals surface area (Å²) in [5.41, 5.74) is 1.98. The van der Waals surface area contributed by atoms with Crippen molar-refractivity contribution in [3.63, 3.8) is 0 Å². The van der Waals surface area contributed by atoms with Crippen LogP contribution in [0.4, 0.5) is 0 Å². The minimum Gasteiger partial charge on any atom is -0.282 e. The van der Waals surface area contributed by atoms with Crippen LogP contribution in [-0.2, 0) is 23.0 Å². The molecule has 0 amide bonds. The van der Waals surface area contributed by atoms with Crippen LogP contribution in [0.15, 0.2) is 23.1 Å². The van der Waals surface area contributed by atoms with Gasteiger partial charge < -0.3 is 0 Å². The fourth-order valence-electron chi connectivity index (χ4n) is 5.14. The van der Waals surface area contributed by atoms with E-state index >= 15 is 0 Å². The first kappa shape index (κ1) is 32.2. The second kappa shape index (κ2) is 21.2. The zero-order chi connectivity index (χ0) is 25.6. The zero-order valence-electron chi connectivity index (χ0n) is 23.2. The van der Waals surface area contributed by atoms with E-state index in [9.17, 15) is 13.0 Å². The van der Waals surface area contributed by atoms with Crippen LogP contribution >= 0.6 is 0 Å². The Balaban J connectivity index is 2.35. The van der Waals surface area contributed by atoms with E-state index in [1.165, 1.54) is 116 Å². The highest BCUT2D eigenvalue weighted by Gasteiger charge is 2.17. The van der Waals surface area contributed by atoms with Gasteiger partial charge >= 0.3 is 0 Å². The van der Waals surface area contributed by atoms with E-state index in [0.29, 0.717) is 0 Å². The molecule has 0 saturated heterocycles. The van der Waals surface area contributed by atoms with Gasteiger partial charge in [-0.25, -0.2) is 0 Å². The number of unbranched alkanes of at least 4 members (excludes halogenated alkanes) is 19. The summed E-state index contributed by atoms with van der Waals surface area (Å²) >= 11 is 0. The predicted octanol–water partition coefficient (Wildman–Crippen LogP) is 10.3. The normalized spacial score (nSPS) is 11.9. The number of aryl methyl sites for hydroxylation is 1. The first-order valence-corrected chi connectivity index (χ1v) is 16.5. The molecule has 0 radical (unpaired) electrons. The summed E-state index contributed by atoms with van der Waals surface area (Å²) in [6.07, 6.45) is 28.7. The third-order valence-corrected chi connectivity index (χ3v) is 8.28. The molecule has 0 aliphatic heterocycles. The van der Waals surface area contributed by atoms with Gasteiger partial charge in [-0.2, -0.15) is 8.42 Å². The van der Waals surface area contributed by atoms with E-state index in [4.69, 9.17) is 0 Å². The molecule has 0 aliphatic rings. The van der Waals surface area contributed by atoms with Crippen molar-refractivity contribution in [3.8, 4) is 0 Å². The highest BCUT2D eigenvalue weighted by molar-refractivity contribution is 7.85. The van der Waals surface area contributed by atoms with E-state index in [-0.39, 0.29) is 4.90 Å². The average molecular weight is 509 g/mol. The van der Waals surface area contributed by atoms with Crippen molar-refractivity contribution >= 4 is 10.1 Å². The third-order valence-electron chi connectivity index (χ3n) is 7.34. The highest BCUT2D eigenvalue weighted by atomic mass is 32.2. The van der Waals surface area contributed by atoms with Gasteiger partial charge in [0.05, 0.1) is 4.90 Å². The summed E-state index contributed by atoms with van der Waals surface area (Å²) in [4.78, 5) is 0.133. The summed E-state index contributed by atoms with van der Waals surface area (Å²) in [5.74, 6) is 0. The molecule has 0 saturated carbocycles. The van der Waals surface area contributed by atoms with Crippen LogP contribution < -0.4 is 0 Å². The first-order chi connectivity index (χ1) is 17.0. The van der Waals surface area contributed by atoms with Gasteiger partial charge in [0.25, 0.3) is 10.1 Å². The molecule has 1 N–H and O–H groups in total. The quantitative estimate of drug-likeness (QED) is 0.112. The standard InChI is InChI=1S/C31H56O3S/c1-3-5-7-9-11-13-15-17-19-21-23-27-30-29(26-24-28-31(30)35(32,33)34)25-22-20-18-16-14-12-10-8-6-4-2/h24,26,28H,3-23,25,27H2,1-2H3,(H,32,33,34). The largest absolute Gasteiger partial charge is 0.294 e. The van der Waals surface area contributed by atoms with Crippen LogP contribution in [0.2, 0.25) is 0 Å². The number of rotatable bonds is 24. The molecule has 1 aromatic rings. The Morgan fingerprint density at radius 3 is 1.31 bits per heavy atom. The molecule has 1 aromatic carbocycles. The number of hydrogen-bond acceptors (Lipinski definition) is 2. The molecule has 0 heterocycles. The van der Waals surface area contributed by atoms with E-state index in [2.05, 4.69) is 19.9 Å². The fourth-order valence-corrected chi connectivity index (χ4v) is 5.93. The highest BCUT2D eigenvalue weighted by Crippen LogP contribution is 2.25. The summed E-state index contributed by atoms with van der Waals surface area (Å²) in [5, 5.41) is 0. The maximum Gasteiger partial charge on any atom is 0.294 e. The van der Waals surface area contributed by atoms with Crippen molar-refractivity contribution < 1.29 is 13.0 Å². The summed E-state index contributed by atoms with van der Waals surface area (Å²) in [7, 11) is -4.17. The van der Waals surface area contributed by atoms with E-state index in [0.717, 1.165) is 43.2 Å². The molecule has 3 nitrogen and oxygen atoms in total. The lowest BCUT2D eigenvalue weighted by atomic mass is 9.96. The maximum atomic E-state index is 12.0. The first-order valence-electron chi connectivity index (χ1n) is 15.1. The lowest BCUT2D eigenvalue weighted by Gasteiger charge is -2.14. The van der Waals surface area contributed by atoms with Crippen molar-refractivity contribution in [1.82, 2.24) is 0 Å². The molecule has 204 valence electrons. The number of benzene rings is 1. The molecule has 0 aliphatic carbocycles. The van der Waals surface area contributed by atoms with Crippen molar-refractivity contribution in [2.75, 3.05) is 0 Å².